The molecule has 0 saturated heterocycles. The van der Waals surface area contributed by atoms with Crippen molar-refractivity contribution in [1.29, 1.82) is 0 Å². The van der Waals surface area contributed by atoms with Gasteiger partial charge < -0.3 is 4.74 Å². The second-order valence-corrected chi connectivity index (χ2v) is 6.67. The van der Waals surface area contributed by atoms with E-state index in [2.05, 4.69) is 11.9 Å². The fraction of sp³-hybridized carbons (Fsp3) is 0.286. The molecule has 0 aliphatic heterocycles. The molecule has 25 heavy (non-hydrogen) atoms. The number of ether oxygens (including phenoxy) is 1. The highest BCUT2D eigenvalue weighted by Gasteiger charge is 2.26. The van der Waals surface area contributed by atoms with E-state index in [1.54, 1.807) is 6.20 Å². The van der Waals surface area contributed by atoms with Crippen molar-refractivity contribution in [3.63, 3.8) is 0 Å². The highest BCUT2D eigenvalue weighted by Crippen LogP contribution is 2.32. The number of hydrogen-bond acceptors (Lipinski definition) is 4. The third kappa shape index (κ3) is 3.12. The van der Waals surface area contributed by atoms with Gasteiger partial charge in [0.05, 0.1) is 16.8 Å². The van der Waals surface area contributed by atoms with Crippen molar-refractivity contribution in [1.82, 2.24) is 9.97 Å². The van der Waals surface area contributed by atoms with Crippen molar-refractivity contribution in [3.05, 3.63) is 71.2 Å². The Labute approximate surface area is 146 Å². The molecule has 1 unspecified atom stereocenters. The molecule has 4 heteroatoms. The second-order valence-electron chi connectivity index (χ2n) is 6.67. The minimum atomic E-state index is -0.283. The maximum atomic E-state index is 12.9. The molecule has 0 amide bonds. The summed E-state index contributed by atoms with van der Waals surface area (Å²) in [6.07, 6.45) is 4.61. The van der Waals surface area contributed by atoms with Gasteiger partial charge in [-0.3, -0.25) is 9.97 Å². The molecule has 1 atom stereocenters. The smallest absolute Gasteiger partial charge is 0.339 e. The summed E-state index contributed by atoms with van der Waals surface area (Å²) in [7, 11) is 0. The van der Waals surface area contributed by atoms with E-state index in [-0.39, 0.29) is 12.6 Å². The first-order valence-corrected chi connectivity index (χ1v) is 8.70. The van der Waals surface area contributed by atoms with E-state index >= 15 is 0 Å². The van der Waals surface area contributed by atoms with Gasteiger partial charge in [-0.15, -0.1) is 0 Å². The summed E-state index contributed by atoms with van der Waals surface area (Å²) in [5, 5.41) is 0.876. The van der Waals surface area contributed by atoms with Gasteiger partial charge in [0.15, 0.2) is 0 Å². The van der Waals surface area contributed by atoms with Crippen LogP contribution >= 0.6 is 0 Å². The van der Waals surface area contributed by atoms with Crippen molar-refractivity contribution in [3.8, 4) is 0 Å². The number of pyridine rings is 2. The zero-order valence-corrected chi connectivity index (χ0v) is 14.2. The quantitative estimate of drug-likeness (QED) is 0.677. The fourth-order valence-corrected chi connectivity index (χ4v) is 3.49. The molecule has 0 spiro atoms. The zero-order chi connectivity index (χ0) is 17.2. The van der Waals surface area contributed by atoms with Crippen molar-refractivity contribution in [2.45, 2.75) is 32.8 Å². The van der Waals surface area contributed by atoms with Gasteiger partial charge in [0.2, 0.25) is 0 Å². The van der Waals surface area contributed by atoms with Crippen molar-refractivity contribution in [2.24, 2.45) is 5.92 Å². The number of fused-ring (bicyclic) bond motifs is 2. The lowest BCUT2D eigenvalue weighted by Gasteiger charge is -2.24. The molecule has 0 radical (unpaired) electrons. The van der Waals surface area contributed by atoms with Crippen LogP contribution < -0.4 is 0 Å². The highest BCUT2D eigenvalue weighted by atomic mass is 16.5. The first-order valence-electron chi connectivity index (χ1n) is 8.70. The number of hydrogen-bond donors (Lipinski definition) is 0. The summed E-state index contributed by atoms with van der Waals surface area (Å²) in [6.45, 7) is 2.40. The molecule has 2 aromatic heterocycles. The molecule has 2 heterocycles. The number of aromatic nitrogens is 2. The topological polar surface area (TPSA) is 52.1 Å². The Morgan fingerprint density at radius 1 is 1.20 bits per heavy atom. The molecular weight excluding hydrogens is 312 g/mol. The average Bonchev–Trinajstić information content (AvgIpc) is 2.65. The maximum absolute atomic E-state index is 12.9. The van der Waals surface area contributed by atoms with Crippen molar-refractivity contribution in [2.75, 3.05) is 0 Å². The summed E-state index contributed by atoms with van der Waals surface area (Å²) < 4.78 is 5.59. The molecule has 4 nitrogen and oxygen atoms in total. The lowest BCUT2D eigenvalue weighted by Crippen LogP contribution is -2.19. The van der Waals surface area contributed by atoms with Crippen molar-refractivity contribution >= 4 is 16.9 Å². The Balaban J connectivity index is 1.74. The standard InChI is InChI=1S/C21H20N2O2/c1-14-9-10-19-17(12-14)20(16-7-2-3-8-18(16)23-19)21(24)25-13-15-6-4-5-11-22-15/h2-8,11,14H,9-10,12-13H2,1H3. The van der Waals surface area contributed by atoms with Crippen LogP contribution in [-0.2, 0) is 24.2 Å². The Kier molecular flexibility index (Phi) is 4.18. The average molecular weight is 332 g/mol. The van der Waals surface area contributed by atoms with Crippen LogP contribution in [0.4, 0.5) is 0 Å². The Hall–Kier alpha value is -2.75. The molecule has 0 saturated carbocycles. The van der Waals surface area contributed by atoms with E-state index in [1.165, 1.54) is 0 Å². The third-order valence-corrected chi connectivity index (χ3v) is 4.79. The molecule has 0 bridgehead atoms. The number of benzene rings is 1. The number of esters is 1. The minimum Gasteiger partial charge on any atom is -0.456 e. The number of rotatable bonds is 3. The van der Waals surface area contributed by atoms with Gasteiger partial charge in [0, 0.05) is 17.3 Å². The molecule has 1 aliphatic rings. The monoisotopic (exact) mass is 332 g/mol. The lowest BCUT2D eigenvalue weighted by molar-refractivity contribution is 0.0468. The van der Waals surface area contributed by atoms with Crippen LogP contribution in [0.1, 0.15) is 40.7 Å². The number of carbonyl (C=O) groups is 1. The molecule has 1 aliphatic carbocycles. The summed E-state index contributed by atoms with van der Waals surface area (Å²) >= 11 is 0. The Bertz CT molecular complexity index is 922. The van der Waals surface area contributed by atoms with Crippen molar-refractivity contribution < 1.29 is 9.53 Å². The summed E-state index contributed by atoms with van der Waals surface area (Å²) in [5.41, 5.74) is 4.39. The van der Waals surface area contributed by atoms with Gasteiger partial charge in [-0.1, -0.05) is 31.2 Å². The van der Waals surface area contributed by atoms with Gasteiger partial charge >= 0.3 is 5.97 Å². The number of aryl methyl sites for hydroxylation is 1. The SMILES string of the molecule is CC1CCc2nc3ccccc3c(C(=O)OCc3ccccn3)c2C1. The molecule has 1 aromatic carbocycles. The normalized spacial score (nSPS) is 16.4. The first kappa shape index (κ1) is 15.8. The molecule has 4 rings (SSSR count). The van der Waals surface area contributed by atoms with Gasteiger partial charge in [-0.05, 0) is 48.9 Å². The fourth-order valence-electron chi connectivity index (χ4n) is 3.49. The molecule has 0 N–H and O–H groups in total. The van der Waals surface area contributed by atoms with E-state index in [9.17, 15) is 4.79 Å². The van der Waals surface area contributed by atoms with Gasteiger partial charge in [0.25, 0.3) is 0 Å². The summed E-state index contributed by atoms with van der Waals surface area (Å²) in [5.74, 6) is 0.271. The zero-order valence-electron chi connectivity index (χ0n) is 14.2. The van der Waals surface area contributed by atoms with Crippen LogP contribution in [0.25, 0.3) is 10.9 Å². The summed E-state index contributed by atoms with van der Waals surface area (Å²) in [6, 6.07) is 13.4. The van der Waals surface area contributed by atoms with Crippen LogP contribution in [0.15, 0.2) is 48.7 Å². The maximum Gasteiger partial charge on any atom is 0.339 e. The van der Waals surface area contributed by atoms with E-state index in [0.29, 0.717) is 11.5 Å². The third-order valence-electron chi connectivity index (χ3n) is 4.79. The van der Waals surface area contributed by atoms with E-state index in [0.717, 1.165) is 47.1 Å². The van der Waals surface area contributed by atoms with E-state index in [1.807, 2.05) is 42.5 Å². The molecule has 126 valence electrons. The van der Waals surface area contributed by atoms with Gasteiger partial charge in [-0.2, -0.15) is 0 Å². The number of carbonyl (C=O) groups excluding carboxylic acids is 1. The van der Waals surface area contributed by atoms with Crippen LogP contribution in [-0.4, -0.2) is 15.9 Å². The Morgan fingerprint density at radius 3 is 2.88 bits per heavy atom. The van der Waals surface area contributed by atoms with Crippen LogP contribution in [0, 0.1) is 5.92 Å². The van der Waals surface area contributed by atoms with E-state index < -0.39 is 0 Å². The number of nitrogens with zero attached hydrogens (tertiary/aromatic N) is 2. The predicted octanol–water partition coefficient (Wildman–Crippen LogP) is 4.11. The molecule has 3 aromatic rings. The second kappa shape index (κ2) is 6.63. The number of para-hydroxylation sites is 1. The minimum absolute atomic E-state index is 0.181. The van der Waals surface area contributed by atoms with Crippen LogP contribution in [0.5, 0.6) is 0 Å². The molecule has 0 fully saturated rings. The van der Waals surface area contributed by atoms with Gasteiger partial charge in [-0.25, -0.2) is 4.79 Å². The lowest BCUT2D eigenvalue weighted by atomic mass is 9.84. The largest absolute Gasteiger partial charge is 0.456 e. The molecular formula is C21H20N2O2. The first-order chi connectivity index (χ1) is 12.2. The highest BCUT2D eigenvalue weighted by molar-refractivity contribution is 6.05. The summed E-state index contributed by atoms with van der Waals surface area (Å²) in [4.78, 5) is 21.9. The van der Waals surface area contributed by atoms with Crippen LogP contribution in [0.2, 0.25) is 0 Å². The Morgan fingerprint density at radius 2 is 2.04 bits per heavy atom. The predicted molar refractivity (Wildman–Crippen MR) is 96.3 cm³/mol. The van der Waals surface area contributed by atoms with E-state index in [4.69, 9.17) is 9.72 Å². The van der Waals surface area contributed by atoms with Gasteiger partial charge in [0.1, 0.15) is 6.61 Å². The van der Waals surface area contributed by atoms with Crippen LogP contribution in [0.3, 0.4) is 0 Å².